The first-order valence-corrected chi connectivity index (χ1v) is 7.43. The molecule has 0 aliphatic rings. The van der Waals surface area contributed by atoms with Gasteiger partial charge in [0, 0.05) is 57.5 Å². The van der Waals surface area contributed by atoms with Gasteiger partial charge in [0.25, 0.3) is 0 Å². The Morgan fingerprint density at radius 1 is 0.880 bits per heavy atom. The molecule has 1 radical (unpaired) electrons. The van der Waals surface area contributed by atoms with Gasteiger partial charge in [-0.15, -0.1) is 0 Å². The summed E-state index contributed by atoms with van der Waals surface area (Å²) < 4.78 is 4.33. The van der Waals surface area contributed by atoms with Gasteiger partial charge >= 0.3 is 5.97 Å². The van der Waals surface area contributed by atoms with Gasteiger partial charge in [-0.25, -0.2) is 4.79 Å². The monoisotopic (exact) mass is 363 g/mol. The molecule has 2 rings (SSSR count). The van der Waals surface area contributed by atoms with E-state index >= 15 is 0 Å². The van der Waals surface area contributed by atoms with Crippen molar-refractivity contribution in [3.05, 3.63) is 97.6 Å². The molecule has 0 aromatic heterocycles. The first kappa shape index (κ1) is 26.0. The average molecular weight is 364 g/mol. The van der Waals surface area contributed by atoms with E-state index in [2.05, 4.69) is 24.5 Å². The molecule has 0 saturated carbocycles. The van der Waals surface area contributed by atoms with Crippen LogP contribution in [0.4, 0.5) is 0 Å². The largest absolute Gasteiger partial charge is 0.460 e. The fourth-order valence-electron chi connectivity index (χ4n) is 1.38. The van der Waals surface area contributed by atoms with Crippen LogP contribution in [0.2, 0.25) is 0 Å². The molecule has 0 spiro atoms. The second-order valence-electron chi connectivity index (χ2n) is 4.32. The minimum Gasteiger partial charge on any atom is -0.460 e. The van der Waals surface area contributed by atoms with Gasteiger partial charge in [0.05, 0.1) is 6.61 Å². The average Bonchev–Trinajstić information content (AvgIpc) is 2.68. The van der Waals surface area contributed by atoms with Crippen molar-refractivity contribution in [3.8, 4) is 0 Å². The van der Waals surface area contributed by atoms with Crippen LogP contribution < -0.4 is 0 Å². The molecule has 0 unspecified atom stereocenters. The zero-order chi connectivity index (χ0) is 18.0. The number of carbonyl (C=O) groups is 1. The summed E-state index contributed by atoms with van der Waals surface area (Å²) in [5, 5.41) is 8.10. The second-order valence-corrected chi connectivity index (χ2v) is 4.32. The first-order valence-electron chi connectivity index (χ1n) is 7.43. The van der Waals surface area contributed by atoms with E-state index < -0.39 is 5.97 Å². The molecule has 0 heterocycles. The van der Waals surface area contributed by atoms with Crippen LogP contribution in [0.1, 0.15) is 11.1 Å². The van der Waals surface area contributed by atoms with Gasteiger partial charge in [0.1, 0.15) is 6.61 Å². The molecule has 0 bridgehead atoms. The molecule has 2 aromatic rings. The Hall–Kier alpha value is -1.27. The molecule has 3 nitrogen and oxygen atoms in total. The summed E-state index contributed by atoms with van der Waals surface area (Å²) >= 11 is 0. The Morgan fingerprint density at radius 2 is 1.28 bits per heavy atom. The standard InChI is InChI=1S/2C8H8.C5H8O3.K/c2*1-2-8-6-4-3-5-7-8;1-2-5(7)8-4-3-6;/h2*2-7H,1H2;2,6H,1,3-4H2;. The van der Waals surface area contributed by atoms with E-state index in [4.69, 9.17) is 5.11 Å². The molecule has 0 fully saturated rings. The molecule has 0 atom stereocenters. The van der Waals surface area contributed by atoms with Gasteiger partial charge in [-0.05, 0) is 11.1 Å². The maximum Gasteiger partial charge on any atom is 0.330 e. The fraction of sp³-hybridized carbons (Fsp3) is 0.0952. The van der Waals surface area contributed by atoms with E-state index in [-0.39, 0.29) is 64.6 Å². The third-order valence-corrected chi connectivity index (χ3v) is 2.57. The third-order valence-electron chi connectivity index (χ3n) is 2.57. The topological polar surface area (TPSA) is 46.5 Å². The zero-order valence-electron chi connectivity index (χ0n) is 14.8. The molecule has 0 amide bonds. The van der Waals surface area contributed by atoms with Crippen LogP contribution >= 0.6 is 0 Å². The molecule has 25 heavy (non-hydrogen) atoms. The molecular weight excluding hydrogens is 339 g/mol. The third kappa shape index (κ3) is 16.0. The maximum atomic E-state index is 10.1. The minimum atomic E-state index is -0.501. The summed E-state index contributed by atoms with van der Waals surface area (Å²) in [6.45, 7) is 10.3. The first-order chi connectivity index (χ1) is 11.7. The predicted octanol–water partition coefficient (Wildman–Crippen LogP) is 3.99. The normalized spacial score (nSPS) is 8.04. The Balaban J connectivity index is 0. The van der Waals surface area contributed by atoms with Crippen LogP contribution in [0.5, 0.6) is 0 Å². The van der Waals surface area contributed by atoms with Crippen molar-refractivity contribution in [3.63, 3.8) is 0 Å². The smallest absolute Gasteiger partial charge is 0.330 e. The number of aliphatic hydroxyl groups excluding tert-OH is 1. The van der Waals surface area contributed by atoms with E-state index in [1.807, 2.05) is 72.8 Å². The van der Waals surface area contributed by atoms with E-state index in [0.717, 1.165) is 6.08 Å². The van der Waals surface area contributed by atoms with Crippen LogP contribution in [0.15, 0.2) is 86.5 Å². The van der Waals surface area contributed by atoms with Crippen molar-refractivity contribution in [2.75, 3.05) is 13.2 Å². The predicted molar refractivity (Wildman–Crippen MR) is 107 cm³/mol. The van der Waals surface area contributed by atoms with E-state index in [0.29, 0.717) is 0 Å². The van der Waals surface area contributed by atoms with Crippen molar-refractivity contribution >= 4 is 69.5 Å². The Morgan fingerprint density at radius 3 is 1.52 bits per heavy atom. The van der Waals surface area contributed by atoms with Crippen LogP contribution in [0.3, 0.4) is 0 Å². The molecule has 0 aliphatic heterocycles. The molecule has 0 aliphatic carbocycles. The quantitative estimate of drug-likeness (QED) is 0.496. The summed E-state index contributed by atoms with van der Waals surface area (Å²) in [5.74, 6) is -0.501. The molecule has 1 N–H and O–H groups in total. The van der Waals surface area contributed by atoms with Gasteiger partial charge < -0.3 is 9.84 Å². The molecule has 0 saturated heterocycles. The fourth-order valence-corrected chi connectivity index (χ4v) is 1.38. The van der Waals surface area contributed by atoms with Gasteiger partial charge in [0.2, 0.25) is 0 Å². The Labute approximate surface area is 193 Å². The number of aliphatic hydroxyl groups is 1. The van der Waals surface area contributed by atoms with Gasteiger partial charge in [-0.2, -0.15) is 0 Å². The summed E-state index contributed by atoms with van der Waals surface area (Å²) in [4.78, 5) is 10.1. The van der Waals surface area contributed by atoms with E-state index in [1.165, 1.54) is 11.1 Å². The Kier molecular flexibility index (Phi) is 19.8. The van der Waals surface area contributed by atoms with Crippen LogP contribution in [-0.4, -0.2) is 75.7 Å². The minimum absolute atomic E-state index is 0. The Bertz CT molecular complexity index is 552. The number of carbonyl (C=O) groups excluding carboxylic acids is 1. The number of hydrogen-bond donors (Lipinski definition) is 1. The number of esters is 1. The van der Waals surface area contributed by atoms with Gasteiger partial charge in [-0.1, -0.05) is 92.6 Å². The van der Waals surface area contributed by atoms with Crippen LogP contribution in [0.25, 0.3) is 12.2 Å². The van der Waals surface area contributed by atoms with Crippen molar-refractivity contribution in [1.29, 1.82) is 0 Å². The molecule has 4 heteroatoms. The summed E-state index contributed by atoms with van der Waals surface area (Å²) in [5.41, 5.74) is 2.35. The molecule has 2 aromatic carbocycles. The SMILES string of the molecule is C=CC(=O)OCCO.C=Cc1ccccc1.C=Cc1ccccc1.[K]. The van der Waals surface area contributed by atoms with Gasteiger partial charge in [-0.3, -0.25) is 0 Å². The number of ether oxygens (including phenoxy) is 1. The van der Waals surface area contributed by atoms with Crippen LogP contribution in [-0.2, 0) is 9.53 Å². The second kappa shape index (κ2) is 19.1. The summed E-state index contributed by atoms with van der Waals surface area (Å²) in [7, 11) is 0. The number of rotatable bonds is 5. The summed E-state index contributed by atoms with van der Waals surface area (Å²) in [6.07, 6.45) is 4.72. The van der Waals surface area contributed by atoms with Gasteiger partial charge in [0.15, 0.2) is 0 Å². The van der Waals surface area contributed by atoms with Crippen molar-refractivity contribution < 1.29 is 14.6 Å². The van der Waals surface area contributed by atoms with E-state index in [1.54, 1.807) is 0 Å². The zero-order valence-corrected chi connectivity index (χ0v) is 17.9. The number of benzene rings is 2. The van der Waals surface area contributed by atoms with Crippen LogP contribution in [0, 0.1) is 0 Å². The van der Waals surface area contributed by atoms with Crippen molar-refractivity contribution in [1.82, 2.24) is 0 Å². The number of hydrogen-bond acceptors (Lipinski definition) is 3. The molecule has 127 valence electrons. The van der Waals surface area contributed by atoms with E-state index in [9.17, 15) is 4.79 Å². The van der Waals surface area contributed by atoms with Crippen molar-refractivity contribution in [2.24, 2.45) is 0 Å². The maximum absolute atomic E-state index is 10.1. The summed E-state index contributed by atoms with van der Waals surface area (Å²) in [6, 6.07) is 20.1. The molecular formula is C21H24KO3. The van der Waals surface area contributed by atoms with Crippen molar-refractivity contribution in [2.45, 2.75) is 0 Å².